The lowest BCUT2D eigenvalue weighted by Crippen LogP contribution is -2.40. The molecule has 2 heterocycles. The first-order valence-corrected chi connectivity index (χ1v) is 10.2. The summed E-state index contributed by atoms with van der Waals surface area (Å²) in [5.74, 6) is -0.253. The van der Waals surface area contributed by atoms with Crippen LogP contribution in [0.1, 0.15) is 31.3 Å². The van der Waals surface area contributed by atoms with Gasteiger partial charge in [0.25, 0.3) is 15.9 Å². The molecule has 27 heavy (non-hydrogen) atoms. The number of nitrogens with zero attached hydrogens (tertiary/aromatic N) is 2. The van der Waals surface area contributed by atoms with E-state index in [9.17, 15) is 13.2 Å². The molecule has 0 fully saturated rings. The number of furan rings is 1. The van der Waals surface area contributed by atoms with Crippen molar-refractivity contribution >= 4 is 32.6 Å². The molecule has 0 bridgehead atoms. The third kappa shape index (κ3) is 4.79. The Hall–Kier alpha value is -2.56. The predicted molar refractivity (Wildman–Crippen MR) is 102 cm³/mol. The molecule has 2 N–H and O–H groups in total. The van der Waals surface area contributed by atoms with E-state index in [1.165, 1.54) is 12.1 Å². The van der Waals surface area contributed by atoms with E-state index in [0.717, 1.165) is 17.1 Å². The maximum Gasteiger partial charge on any atom is 0.293 e. The highest BCUT2D eigenvalue weighted by atomic mass is 32.2. The summed E-state index contributed by atoms with van der Waals surface area (Å²) in [5.41, 5.74) is 0.155. The van der Waals surface area contributed by atoms with Crippen LogP contribution >= 0.6 is 11.5 Å². The number of benzene rings is 1. The van der Waals surface area contributed by atoms with Gasteiger partial charge in [-0.05, 0) is 32.9 Å². The van der Waals surface area contributed by atoms with E-state index in [0.29, 0.717) is 5.82 Å². The van der Waals surface area contributed by atoms with Crippen LogP contribution in [-0.2, 0) is 10.0 Å². The predicted octanol–water partition coefficient (Wildman–Crippen LogP) is 3.13. The molecular weight excluding hydrogens is 388 g/mol. The van der Waals surface area contributed by atoms with Crippen molar-refractivity contribution in [2.45, 2.75) is 31.4 Å². The number of hydrogen-bond acceptors (Lipinski definition) is 7. The van der Waals surface area contributed by atoms with E-state index in [1.54, 1.807) is 20.8 Å². The highest BCUT2D eigenvalue weighted by Crippen LogP contribution is 2.22. The Morgan fingerprint density at radius 1 is 1.11 bits per heavy atom. The molecule has 10 heteroatoms. The largest absolute Gasteiger partial charge is 0.438 e. The Morgan fingerprint density at radius 2 is 1.81 bits per heavy atom. The molecule has 0 aliphatic rings. The fraction of sp³-hybridized carbons (Fsp3) is 0.235. The maximum atomic E-state index is 12.3. The molecule has 3 aromatic rings. The number of rotatable bonds is 5. The van der Waals surface area contributed by atoms with Crippen LogP contribution in [0.2, 0.25) is 0 Å². The molecular formula is C17H18N4O4S2. The first-order valence-electron chi connectivity index (χ1n) is 7.98. The van der Waals surface area contributed by atoms with Crippen molar-refractivity contribution in [1.82, 2.24) is 14.1 Å². The summed E-state index contributed by atoms with van der Waals surface area (Å²) in [6.07, 6.45) is 0. The van der Waals surface area contributed by atoms with Gasteiger partial charge in [0.1, 0.15) is 0 Å². The summed E-state index contributed by atoms with van der Waals surface area (Å²) in [6.45, 7) is 5.13. The Labute approximate surface area is 160 Å². The molecule has 8 nitrogen and oxygen atoms in total. The van der Waals surface area contributed by atoms with E-state index < -0.39 is 21.5 Å². The van der Waals surface area contributed by atoms with Gasteiger partial charge in [0, 0.05) is 22.6 Å². The number of nitrogens with one attached hydrogen (secondary N) is 2. The third-order valence-corrected chi connectivity index (χ3v) is 5.45. The van der Waals surface area contributed by atoms with E-state index in [2.05, 4.69) is 19.4 Å². The quantitative estimate of drug-likeness (QED) is 0.673. The van der Waals surface area contributed by atoms with E-state index >= 15 is 0 Å². The first-order chi connectivity index (χ1) is 12.6. The Morgan fingerprint density at radius 3 is 2.48 bits per heavy atom. The fourth-order valence-corrected chi connectivity index (χ4v) is 4.12. The van der Waals surface area contributed by atoms with Crippen LogP contribution in [0.15, 0.2) is 52.0 Å². The number of carbonyl (C=O) groups excluding carboxylic acids is 1. The number of carbonyl (C=O) groups is 1. The average molecular weight is 406 g/mol. The van der Waals surface area contributed by atoms with Crippen molar-refractivity contribution in [2.75, 3.05) is 5.32 Å². The zero-order valence-corrected chi connectivity index (χ0v) is 16.5. The lowest BCUT2D eigenvalue weighted by molar-refractivity contribution is 0.0991. The molecule has 142 valence electrons. The minimum atomic E-state index is -3.86. The van der Waals surface area contributed by atoms with Crippen LogP contribution in [0.25, 0.3) is 11.4 Å². The van der Waals surface area contributed by atoms with E-state index in [-0.39, 0.29) is 16.0 Å². The molecule has 0 aliphatic carbocycles. The van der Waals surface area contributed by atoms with Crippen molar-refractivity contribution < 1.29 is 17.6 Å². The van der Waals surface area contributed by atoms with Gasteiger partial charge in [-0.1, -0.05) is 30.3 Å². The second kappa shape index (κ2) is 7.22. The smallest absolute Gasteiger partial charge is 0.293 e. The number of amides is 1. The number of aromatic nitrogens is 2. The van der Waals surface area contributed by atoms with Crippen LogP contribution in [0, 0.1) is 0 Å². The van der Waals surface area contributed by atoms with Gasteiger partial charge in [0.05, 0.1) is 0 Å². The van der Waals surface area contributed by atoms with Gasteiger partial charge < -0.3 is 4.42 Å². The second-order valence-corrected chi connectivity index (χ2v) is 9.08. The van der Waals surface area contributed by atoms with Gasteiger partial charge in [-0.2, -0.15) is 9.36 Å². The summed E-state index contributed by atoms with van der Waals surface area (Å²) in [7, 11) is -3.86. The van der Waals surface area contributed by atoms with Gasteiger partial charge in [0.15, 0.2) is 11.6 Å². The summed E-state index contributed by atoms with van der Waals surface area (Å²) in [5, 5.41) is 2.51. The SMILES string of the molecule is CC(C)(C)NS(=O)(=O)c1ccc(C(=O)Nc2nc(-c3ccccc3)ns2)o1. The van der Waals surface area contributed by atoms with Crippen LogP contribution in [0.3, 0.4) is 0 Å². The standard InChI is InChI=1S/C17H18N4O4S2/c1-17(2,3)21-27(23,24)13-10-9-12(25-13)15(22)19-16-18-14(20-26-16)11-7-5-4-6-8-11/h4-10,21H,1-3H3,(H,18,19,20,22). The maximum absolute atomic E-state index is 12.3. The van der Waals surface area contributed by atoms with Crippen LogP contribution in [0.4, 0.5) is 5.13 Å². The van der Waals surface area contributed by atoms with Gasteiger partial charge in [-0.3, -0.25) is 10.1 Å². The third-order valence-electron chi connectivity index (χ3n) is 3.19. The van der Waals surface area contributed by atoms with Crippen LogP contribution < -0.4 is 10.0 Å². The molecule has 1 aromatic carbocycles. The number of hydrogen-bond donors (Lipinski definition) is 2. The normalized spacial score (nSPS) is 12.1. The second-order valence-electron chi connectivity index (χ2n) is 6.72. The Balaban J connectivity index is 1.73. The van der Waals surface area contributed by atoms with Gasteiger partial charge in [0.2, 0.25) is 10.2 Å². The monoisotopic (exact) mass is 406 g/mol. The molecule has 3 rings (SSSR count). The van der Waals surface area contributed by atoms with E-state index in [4.69, 9.17) is 4.42 Å². The molecule has 0 aliphatic heterocycles. The van der Waals surface area contributed by atoms with Crippen molar-refractivity contribution in [3.05, 3.63) is 48.2 Å². The highest BCUT2D eigenvalue weighted by molar-refractivity contribution is 7.89. The van der Waals surface area contributed by atoms with Crippen molar-refractivity contribution in [1.29, 1.82) is 0 Å². The van der Waals surface area contributed by atoms with Crippen molar-refractivity contribution in [3.8, 4) is 11.4 Å². The Kier molecular flexibility index (Phi) is 5.13. The number of sulfonamides is 1. The van der Waals surface area contributed by atoms with Gasteiger partial charge in [-0.25, -0.2) is 13.1 Å². The van der Waals surface area contributed by atoms with Crippen LogP contribution in [0.5, 0.6) is 0 Å². The zero-order chi connectivity index (χ0) is 19.7. The molecule has 0 saturated heterocycles. The van der Waals surface area contributed by atoms with E-state index in [1.807, 2.05) is 30.3 Å². The lowest BCUT2D eigenvalue weighted by atomic mass is 10.1. The highest BCUT2D eigenvalue weighted by Gasteiger charge is 2.26. The molecule has 1 amide bonds. The minimum absolute atomic E-state index is 0.138. The summed E-state index contributed by atoms with van der Waals surface area (Å²) < 4.78 is 36.4. The lowest BCUT2D eigenvalue weighted by Gasteiger charge is -2.18. The van der Waals surface area contributed by atoms with Crippen molar-refractivity contribution in [3.63, 3.8) is 0 Å². The van der Waals surface area contributed by atoms with Gasteiger partial charge in [-0.15, -0.1) is 0 Å². The van der Waals surface area contributed by atoms with Crippen molar-refractivity contribution in [2.24, 2.45) is 0 Å². The molecule has 0 saturated carbocycles. The topological polar surface area (TPSA) is 114 Å². The first kappa shape index (κ1) is 19.2. The average Bonchev–Trinajstić information content (AvgIpc) is 3.23. The Bertz CT molecular complexity index is 1050. The molecule has 0 atom stereocenters. The molecule has 0 radical (unpaired) electrons. The van der Waals surface area contributed by atoms with Gasteiger partial charge >= 0.3 is 0 Å². The summed E-state index contributed by atoms with van der Waals surface area (Å²) >= 11 is 1.02. The molecule has 0 spiro atoms. The number of anilines is 1. The molecule has 0 unspecified atom stereocenters. The minimum Gasteiger partial charge on any atom is -0.438 e. The zero-order valence-electron chi connectivity index (χ0n) is 14.9. The molecule has 2 aromatic heterocycles. The summed E-state index contributed by atoms with van der Waals surface area (Å²) in [4.78, 5) is 16.6. The fourth-order valence-electron chi connectivity index (χ4n) is 2.18. The van der Waals surface area contributed by atoms with Crippen LogP contribution in [-0.4, -0.2) is 29.2 Å². The summed E-state index contributed by atoms with van der Waals surface area (Å²) in [6, 6.07) is 11.9.